The Morgan fingerprint density at radius 1 is 0.565 bits per heavy atom. The number of aliphatic hydroxyl groups excluding tert-OH is 1. The van der Waals surface area contributed by atoms with Crippen LogP contribution in [0.5, 0.6) is 0 Å². The molecule has 0 spiro atoms. The summed E-state index contributed by atoms with van der Waals surface area (Å²) in [5.41, 5.74) is 12.5. The number of nitrogens with one attached hydrogen (secondary N) is 12. The molecule has 124 heavy (non-hydrogen) atoms. The van der Waals surface area contributed by atoms with E-state index in [4.69, 9.17) is 11.5 Å². The lowest BCUT2D eigenvalue weighted by atomic mass is 9.43. The van der Waals surface area contributed by atoms with Crippen molar-refractivity contribution in [3.8, 4) is 0 Å². The van der Waals surface area contributed by atoms with Crippen molar-refractivity contribution in [1.82, 2.24) is 87.7 Å². The van der Waals surface area contributed by atoms with E-state index in [1.165, 1.54) is 31.2 Å². The second-order valence-corrected chi connectivity index (χ2v) is 36.8. The van der Waals surface area contributed by atoms with Gasteiger partial charge < -0.3 is 95.0 Å². The number of benzene rings is 1. The van der Waals surface area contributed by atoms with Crippen molar-refractivity contribution in [2.75, 3.05) is 104 Å². The number of H-pyrrole nitrogens is 2. The Kier molecular flexibility index (Phi) is 37.7. The molecule has 0 bridgehead atoms. The highest BCUT2D eigenvalue weighted by Gasteiger charge is 2.64. The molecule has 4 aliphatic carbocycles. The lowest BCUT2D eigenvalue weighted by Gasteiger charge is -2.62. The number of carbonyl (C=O) groups excluding carboxylic acids is 12. The van der Waals surface area contributed by atoms with Crippen LogP contribution in [0.2, 0.25) is 0 Å². The predicted octanol–water partition coefficient (Wildman–Crippen LogP) is -0.466. The molecule has 8 rings (SSSR count). The minimum Gasteiger partial charge on any atom is -0.480 e. The van der Waals surface area contributed by atoms with Crippen LogP contribution in [0.1, 0.15) is 157 Å². The molecule has 3 aromatic rings. The van der Waals surface area contributed by atoms with Crippen LogP contribution in [0.15, 0.2) is 43.0 Å². The van der Waals surface area contributed by atoms with Crippen LogP contribution in [0.4, 0.5) is 0 Å². The lowest BCUT2D eigenvalue weighted by molar-refractivity contribution is -0.170. The van der Waals surface area contributed by atoms with E-state index < -0.39 is 149 Å². The summed E-state index contributed by atoms with van der Waals surface area (Å²) in [6.07, 6.45) is 12.3. The number of fused-ring (bicyclic) bond motifs is 6. The first-order valence-electron chi connectivity index (χ1n) is 43.5. The highest BCUT2D eigenvalue weighted by atomic mass is 32.2. The molecule has 1 aliphatic heterocycles. The Balaban J connectivity index is 0.836. The Labute approximate surface area is 728 Å². The molecule has 4 saturated carbocycles. The molecule has 1 aromatic carbocycles. The number of aliphatic carboxylic acids is 3. The van der Waals surface area contributed by atoms with Gasteiger partial charge in [-0.1, -0.05) is 66.7 Å². The molecule has 15 unspecified atom stereocenters. The van der Waals surface area contributed by atoms with Crippen LogP contribution in [0.3, 0.4) is 0 Å². The van der Waals surface area contributed by atoms with Gasteiger partial charge in [0, 0.05) is 113 Å². The zero-order chi connectivity index (χ0) is 90.9. The number of amides is 12. The molecule has 2 aromatic heterocycles. The molecule has 17 atom stereocenters. The van der Waals surface area contributed by atoms with Gasteiger partial charge in [-0.15, -0.1) is 0 Å². The molecule has 5 aliphatic rings. The highest BCUT2D eigenvalue weighted by Crippen LogP contribution is 2.68. The van der Waals surface area contributed by atoms with Crippen LogP contribution in [0, 0.1) is 58.2 Å². The minimum absolute atomic E-state index is 0.0138. The number of primary amides is 2. The summed E-state index contributed by atoms with van der Waals surface area (Å²) in [7, 11) is 0. The number of aliphatic hydroxyl groups is 1. The Morgan fingerprint density at radius 2 is 1.14 bits per heavy atom. The van der Waals surface area contributed by atoms with Gasteiger partial charge in [0.15, 0.2) is 0 Å². The maximum Gasteiger partial charge on any atom is 0.317 e. The van der Waals surface area contributed by atoms with E-state index in [2.05, 4.69) is 88.9 Å². The molecule has 0 radical (unpaired) electrons. The number of nitrogens with two attached hydrogens (primary N) is 2. The normalized spacial score (nSPS) is 24.1. The van der Waals surface area contributed by atoms with Gasteiger partial charge in [-0.2, -0.15) is 11.8 Å². The van der Waals surface area contributed by atoms with Gasteiger partial charge in [0.1, 0.15) is 42.3 Å². The molecule has 20 N–H and O–H groups in total. The fraction of sp³-hybridized carbons (Fsp3) is 0.694. The van der Waals surface area contributed by atoms with Gasteiger partial charge >= 0.3 is 17.9 Å². The second-order valence-electron chi connectivity index (χ2n) is 35.8. The molecule has 12 amide bonds. The average Bonchev–Trinajstić information content (AvgIpc) is 1.49. The fourth-order valence-electron chi connectivity index (χ4n) is 19.5. The summed E-state index contributed by atoms with van der Waals surface area (Å²) in [5.74, 6) is -10.5. The Hall–Kier alpha value is -9.83. The summed E-state index contributed by atoms with van der Waals surface area (Å²) >= 11 is 1.46. The summed E-state index contributed by atoms with van der Waals surface area (Å²) < 4.78 is 0. The number of para-hydroxylation sites is 1. The van der Waals surface area contributed by atoms with E-state index in [1.54, 1.807) is 45.7 Å². The molecule has 39 heteroatoms. The monoisotopic (exact) mass is 1760 g/mol. The van der Waals surface area contributed by atoms with Crippen molar-refractivity contribution in [1.29, 1.82) is 0 Å². The third-order valence-electron chi connectivity index (χ3n) is 26.3. The van der Waals surface area contributed by atoms with E-state index in [-0.39, 0.29) is 183 Å². The Bertz CT molecular complexity index is 4160. The van der Waals surface area contributed by atoms with Gasteiger partial charge in [0.05, 0.1) is 51.7 Å². The predicted molar refractivity (Wildman–Crippen MR) is 460 cm³/mol. The van der Waals surface area contributed by atoms with E-state index in [9.17, 15) is 92.3 Å². The zero-order valence-electron chi connectivity index (χ0n) is 73.0. The topological polar surface area (TPSA) is 567 Å². The number of aromatic nitrogens is 3. The molecule has 3 heterocycles. The number of hydrogen-bond acceptors (Lipinski definition) is 22. The first-order chi connectivity index (χ1) is 58.7. The van der Waals surface area contributed by atoms with Gasteiger partial charge in [-0.3, -0.25) is 91.5 Å². The number of carboxylic acids is 3. The van der Waals surface area contributed by atoms with Gasteiger partial charge in [-0.05, 0) is 166 Å². The van der Waals surface area contributed by atoms with Gasteiger partial charge in [-0.25, -0.2) is 4.98 Å². The van der Waals surface area contributed by atoms with E-state index in [1.807, 2.05) is 38.3 Å². The zero-order valence-corrected chi connectivity index (χ0v) is 73.8. The van der Waals surface area contributed by atoms with Gasteiger partial charge in [0.2, 0.25) is 70.9 Å². The molecule has 688 valence electrons. The first kappa shape index (κ1) is 99.6. The number of imidazole rings is 1. The number of aromatic amines is 2. The number of thioether (sulfide) groups is 1. The number of rotatable bonds is 44. The maximum absolute atomic E-state index is 14.7. The first-order valence-corrected chi connectivity index (χ1v) is 44.9. The third-order valence-corrected chi connectivity index (χ3v) is 26.9. The van der Waals surface area contributed by atoms with Crippen molar-refractivity contribution < 1.29 is 92.3 Å². The largest absolute Gasteiger partial charge is 0.480 e. The second kappa shape index (κ2) is 46.9. The van der Waals surface area contributed by atoms with Crippen molar-refractivity contribution in [2.24, 2.45) is 69.6 Å². The molecule has 38 nitrogen and oxygen atoms in total. The quantitative estimate of drug-likeness (QED) is 0.0340. The molecular weight excluding hydrogens is 1620 g/mol. The van der Waals surface area contributed by atoms with Crippen LogP contribution >= 0.6 is 11.8 Å². The average molecular weight is 1760 g/mol. The highest BCUT2D eigenvalue weighted by molar-refractivity contribution is 7.98. The van der Waals surface area contributed by atoms with E-state index in [0.717, 1.165) is 49.4 Å². The van der Waals surface area contributed by atoms with Crippen molar-refractivity contribution >= 4 is 111 Å². The number of hydrogen-bond donors (Lipinski definition) is 18. The van der Waals surface area contributed by atoms with Crippen LogP contribution < -0.4 is 64.6 Å². The maximum atomic E-state index is 14.7. The molecule has 1 saturated heterocycles. The number of nitrogens with zero attached hydrogens (tertiary/aromatic N) is 5. The van der Waals surface area contributed by atoms with E-state index in [0.29, 0.717) is 42.2 Å². The number of carboxylic acid groups (broad SMARTS) is 3. The minimum atomic E-state index is -1.40. The van der Waals surface area contributed by atoms with Gasteiger partial charge in [0.25, 0.3) is 0 Å². The Morgan fingerprint density at radius 3 is 1.73 bits per heavy atom. The van der Waals surface area contributed by atoms with E-state index >= 15 is 0 Å². The standard InChI is InChI=1S/C85H133N19O19S/c1-48(2)34-64(81(121)97-62(77(87)117)23-33-124-9)98-82(122)66(37-55-40-88-47-92-55)96-71(109)42-91-83(123)76(49(3)4)100-78(118)51(6)93-80(120)65(35-52-39-89-61-13-11-10-12-56(52)61)99-79(119)63(19-20-68(86)106)95-69(107)21-14-50(5)58-17-18-59-57-16-15-53-36-54(22-24-84(53,7)60(57)38-67(105)85(58,59)8)94-70(108)41-90-72(110)43-101-25-27-102(44-73(111)112)29-31-104(46-75(115)116)32-30-103(28-26-101)45-74(113)114/h10-13,39-40,47-51,53-54,57-60,62-67,76,89,105H,14-38,41-46H2,1-9H3,(H2,86,106)(H2,87,117)(H,88,92)(H,90,110)(H,91,123)(H,93,120)(H,94,108)(H,95,107)(H,96,109)(H,97,121)(H,98,122)(H,99,119)(H,100,118)(H,111,112)(H,113,114)(H,115,116)/t50-,51?,53?,54?,57?,58?,59?,60?,62?,63?,64?,65?,66?,67+,76?,84?,85?/m1/s1. The van der Waals surface area contributed by atoms with Crippen molar-refractivity contribution in [2.45, 2.75) is 213 Å². The summed E-state index contributed by atoms with van der Waals surface area (Å²) in [6.45, 7) is 14.9. The smallest absolute Gasteiger partial charge is 0.317 e. The lowest BCUT2D eigenvalue weighted by Crippen LogP contribution is -2.59. The van der Waals surface area contributed by atoms with Crippen molar-refractivity contribution in [3.05, 3.63) is 54.2 Å². The molecular formula is C85H133N19O19S. The van der Waals surface area contributed by atoms with Crippen LogP contribution in [-0.4, -0.2) is 302 Å². The third kappa shape index (κ3) is 28.9. The number of carbonyl (C=O) groups is 15. The fourth-order valence-corrected chi connectivity index (χ4v) is 20.0. The summed E-state index contributed by atoms with van der Waals surface area (Å²) in [6, 6.07) is -1.67. The molecule has 5 fully saturated rings. The van der Waals surface area contributed by atoms with Crippen molar-refractivity contribution in [3.63, 3.8) is 0 Å². The summed E-state index contributed by atoms with van der Waals surface area (Å²) in [5, 5.41) is 69.5. The summed E-state index contributed by atoms with van der Waals surface area (Å²) in [4.78, 5) is 217. The van der Waals surface area contributed by atoms with Crippen LogP contribution in [-0.2, 0) is 84.8 Å². The van der Waals surface area contributed by atoms with Crippen LogP contribution in [0.25, 0.3) is 10.9 Å². The SMILES string of the molecule is CSCCC(NC(=O)C(CC(C)C)NC(=O)C(Cc1cnc[nH]1)NC(=O)CNC(=O)C(NC(=O)C(C)NC(=O)C(Cc1c[nH]c2ccccc12)NC(=O)C(CCC(N)=O)NC(=O)CC[C@@H](C)C1CCC2C3CCC4CC(NC(=O)CNC(=O)CN5CCN(CC(=O)O)CCN(CC(=O)O)CCN(CC(=O)O)CC5)CCC4(C)C3C[C@H](O)C21C)C(C)C)C(N)=O.